The quantitative estimate of drug-likeness (QED) is 0.462. The second kappa shape index (κ2) is 2.46. The number of nitrogens with one attached hydrogen (secondary N) is 1. The van der Waals surface area contributed by atoms with Crippen molar-refractivity contribution in [1.82, 2.24) is 5.32 Å². The van der Waals surface area contributed by atoms with Crippen LogP contribution >= 0.6 is 11.8 Å². The maximum absolute atomic E-state index is 10.8. The molecule has 0 aromatic rings. The molecule has 0 aliphatic carbocycles. The van der Waals surface area contributed by atoms with E-state index in [1.165, 1.54) is 18.7 Å². The molecule has 1 aliphatic rings. The standard InChI is InChI=1S/C6H7NO2S/c1-5(9)6(4-8)7-2-3-10-6/h2-4,7H,1H3. The van der Waals surface area contributed by atoms with Gasteiger partial charge in [-0.15, -0.1) is 0 Å². The Kier molecular flexibility index (Phi) is 1.80. The summed E-state index contributed by atoms with van der Waals surface area (Å²) in [5, 5.41) is 4.37. The third-order valence-electron chi connectivity index (χ3n) is 1.31. The topological polar surface area (TPSA) is 46.2 Å². The number of aldehydes is 1. The van der Waals surface area contributed by atoms with E-state index in [0.717, 1.165) is 0 Å². The molecular weight excluding hydrogens is 150 g/mol. The van der Waals surface area contributed by atoms with Gasteiger partial charge in [0.25, 0.3) is 0 Å². The van der Waals surface area contributed by atoms with Crippen LogP contribution in [0.25, 0.3) is 0 Å². The number of hydrogen-bond acceptors (Lipinski definition) is 4. The molecule has 1 N–H and O–H groups in total. The van der Waals surface area contributed by atoms with Crippen LogP contribution < -0.4 is 5.32 Å². The zero-order valence-corrected chi connectivity index (χ0v) is 6.27. The van der Waals surface area contributed by atoms with E-state index in [4.69, 9.17) is 0 Å². The van der Waals surface area contributed by atoms with Gasteiger partial charge in [0.1, 0.15) is 0 Å². The van der Waals surface area contributed by atoms with E-state index in [0.29, 0.717) is 6.29 Å². The van der Waals surface area contributed by atoms with Gasteiger partial charge in [-0.3, -0.25) is 9.59 Å². The van der Waals surface area contributed by atoms with Gasteiger partial charge in [-0.25, -0.2) is 0 Å². The van der Waals surface area contributed by atoms with Gasteiger partial charge in [-0.05, 0) is 12.3 Å². The first-order valence-electron chi connectivity index (χ1n) is 2.79. The molecule has 0 aromatic carbocycles. The third-order valence-corrected chi connectivity index (χ3v) is 2.45. The zero-order chi connectivity index (χ0) is 7.61. The molecule has 3 nitrogen and oxygen atoms in total. The Hall–Kier alpha value is -0.770. The molecule has 10 heavy (non-hydrogen) atoms. The summed E-state index contributed by atoms with van der Waals surface area (Å²) in [5.41, 5.74) is 0. The summed E-state index contributed by atoms with van der Waals surface area (Å²) >= 11 is 1.19. The average Bonchev–Trinajstić information content (AvgIpc) is 2.35. The lowest BCUT2D eigenvalue weighted by atomic mass is 10.2. The van der Waals surface area contributed by atoms with E-state index in [1.807, 2.05) is 0 Å². The molecule has 1 unspecified atom stereocenters. The van der Waals surface area contributed by atoms with Crippen molar-refractivity contribution in [2.24, 2.45) is 0 Å². The lowest BCUT2D eigenvalue weighted by molar-refractivity contribution is -0.124. The van der Waals surface area contributed by atoms with Crippen molar-refractivity contribution in [3.63, 3.8) is 0 Å². The summed E-state index contributed by atoms with van der Waals surface area (Å²) in [6.07, 6.45) is 2.22. The summed E-state index contributed by atoms with van der Waals surface area (Å²) in [6.45, 7) is 1.39. The summed E-state index contributed by atoms with van der Waals surface area (Å²) in [4.78, 5) is 20.2. The fourth-order valence-corrected chi connectivity index (χ4v) is 1.37. The van der Waals surface area contributed by atoms with Crippen LogP contribution in [0.15, 0.2) is 11.6 Å². The zero-order valence-electron chi connectivity index (χ0n) is 5.46. The lowest BCUT2D eigenvalue weighted by Gasteiger charge is -2.17. The Labute approximate surface area is 62.9 Å². The van der Waals surface area contributed by atoms with E-state index in [2.05, 4.69) is 5.32 Å². The number of thioether (sulfide) groups is 1. The highest BCUT2D eigenvalue weighted by Gasteiger charge is 2.36. The van der Waals surface area contributed by atoms with E-state index < -0.39 is 4.87 Å². The van der Waals surface area contributed by atoms with Crippen molar-refractivity contribution < 1.29 is 9.59 Å². The monoisotopic (exact) mass is 157 g/mol. The predicted molar refractivity (Wildman–Crippen MR) is 39.3 cm³/mol. The molecule has 0 fully saturated rings. The molecule has 1 rings (SSSR count). The van der Waals surface area contributed by atoms with E-state index in [-0.39, 0.29) is 5.78 Å². The smallest absolute Gasteiger partial charge is 0.202 e. The summed E-state index contributed by atoms with van der Waals surface area (Å²) < 4.78 is 0. The van der Waals surface area contributed by atoms with Gasteiger partial charge in [-0.1, -0.05) is 11.8 Å². The van der Waals surface area contributed by atoms with Crippen molar-refractivity contribution in [3.05, 3.63) is 11.6 Å². The number of Topliss-reactive ketones (excluding diaryl/α,β-unsaturated/α-hetero) is 1. The van der Waals surface area contributed by atoms with Crippen LogP contribution in [0, 0.1) is 0 Å². The highest BCUT2D eigenvalue weighted by molar-refractivity contribution is 8.05. The minimum atomic E-state index is -1.03. The van der Waals surface area contributed by atoms with Crippen LogP contribution in [-0.2, 0) is 9.59 Å². The predicted octanol–water partition coefficient (Wildman–Crippen LogP) is 0.278. The molecular formula is C6H7NO2S. The normalized spacial score (nSPS) is 29.7. The molecule has 1 aliphatic heterocycles. The highest BCUT2D eigenvalue weighted by Crippen LogP contribution is 2.26. The van der Waals surface area contributed by atoms with Crippen molar-refractivity contribution >= 4 is 23.8 Å². The molecule has 54 valence electrons. The Morgan fingerprint density at radius 1 is 1.80 bits per heavy atom. The number of hydrogen-bond donors (Lipinski definition) is 1. The minimum Gasteiger partial charge on any atom is -0.364 e. The van der Waals surface area contributed by atoms with Crippen LogP contribution in [0.3, 0.4) is 0 Å². The molecule has 0 saturated heterocycles. The van der Waals surface area contributed by atoms with Crippen molar-refractivity contribution in [2.75, 3.05) is 0 Å². The van der Waals surface area contributed by atoms with Gasteiger partial charge in [0.05, 0.1) is 0 Å². The number of ketones is 1. The second-order valence-electron chi connectivity index (χ2n) is 1.97. The number of carbonyl (C=O) groups excluding carboxylic acids is 2. The van der Waals surface area contributed by atoms with Crippen LogP contribution in [0.2, 0.25) is 0 Å². The average molecular weight is 157 g/mol. The maximum atomic E-state index is 10.8. The van der Waals surface area contributed by atoms with Crippen LogP contribution in [0.5, 0.6) is 0 Å². The summed E-state index contributed by atoms with van der Waals surface area (Å²) in [6, 6.07) is 0. The Balaban J connectivity index is 2.80. The first-order chi connectivity index (χ1) is 4.71. The van der Waals surface area contributed by atoms with E-state index in [1.54, 1.807) is 11.6 Å². The number of carbonyl (C=O) groups is 2. The SMILES string of the molecule is CC(=O)C1(C=O)NC=CS1. The van der Waals surface area contributed by atoms with Gasteiger partial charge in [0.15, 0.2) is 12.1 Å². The molecule has 1 atom stereocenters. The van der Waals surface area contributed by atoms with Crippen molar-refractivity contribution in [3.8, 4) is 0 Å². The fraction of sp³-hybridized carbons (Fsp3) is 0.333. The van der Waals surface area contributed by atoms with Gasteiger partial charge in [0.2, 0.25) is 4.87 Å². The largest absolute Gasteiger partial charge is 0.364 e. The lowest BCUT2D eigenvalue weighted by Crippen LogP contribution is -2.44. The molecule has 0 saturated carbocycles. The molecule has 0 aromatic heterocycles. The van der Waals surface area contributed by atoms with Gasteiger partial charge >= 0.3 is 0 Å². The van der Waals surface area contributed by atoms with Gasteiger partial charge < -0.3 is 5.32 Å². The number of rotatable bonds is 2. The van der Waals surface area contributed by atoms with Gasteiger partial charge in [-0.2, -0.15) is 0 Å². The van der Waals surface area contributed by atoms with E-state index in [9.17, 15) is 9.59 Å². The maximum Gasteiger partial charge on any atom is 0.202 e. The van der Waals surface area contributed by atoms with Crippen LogP contribution in [-0.4, -0.2) is 16.9 Å². The Morgan fingerprint density at radius 3 is 2.70 bits per heavy atom. The summed E-state index contributed by atoms with van der Waals surface area (Å²) in [5.74, 6) is -0.169. The molecule has 4 heteroatoms. The minimum absolute atomic E-state index is 0.169. The van der Waals surface area contributed by atoms with Crippen molar-refractivity contribution in [2.45, 2.75) is 11.8 Å². The van der Waals surface area contributed by atoms with Crippen molar-refractivity contribution in [1.29, 1.82) is 0 Å². The Morgan fingerprint density at radius 2 is 2.50 bits per heavy atom. The Bertz CT molecular complexity index is 192. The molecule has 0 amide bonds. The van der Waals surface area contributed by atoms with Crippen LogP contribution in [0.4, 0.5) is 0 Å². The summed E-state index contributed by atoms with van der Waals surface area (Å²) in [7, 11) is 0. The van der Waals surface area contributed by atoms with Gasteiger partial charge in [0, 0.05) is 6.20 Å². The van der Waals surface area contributed by atoms with Crippen LogP contribution in [0.1, 0.15) is 6.92 Å². The molecule has 1 heterocycles. The highest BCUT2D eigenvalue weighted by atomic mass is 32.2. The molecule has 0 radical (unpaired) electrons. The molecule has 0 bridgehead atoms. The molecule has 0 spiro atoms. The first-order valence-corrected chi connectivity index (χ1v) is 3.67. The second-order valence-corrected chi connectivity index (χ2v) is 3.13. The fourth-order valence-electron chi connectivity index (χ4n) is 0.663. The first kappa shape index (κ1) is 7.34. The van der Waals surface area contributed by atoms with E-state index >= 15 is 0 Å². The third kappa shape index (κ3) is 0.945.